The van der Waals surface area contributed by atoms with Crippen LogP contribution in [0.1, 0.15) is 42.7 Å². The average Bonchev–Trinajstić information content (AvgIpc) is 3.22. The number of nitrogens with zero attached hydrogens (tertiary/aromatic N) is 2. The van der Waals surface area contributed by atoms with Gasteiger partial charge in [0.25, 0.3) is 0 Å². The molecule has 0 saturated heterocycles. The van der Waals surface area contributed by atoms with Gasteiger partial charge in [0.05, 0.1) is 13.0 Å². The highest BCUT2D eigenvalue weighted by Gasteiger charge is 2.33. The fourth-order valence-electron chi connectivity index (χ4n) is 3.91. The fourth-order valence-corrected chi connectivity index (χ4v) is 3.91. The molecule has 4 nitrogen and oxygen atoms in total. The van der Waals surface area contributed by atoms with Gasteiger partial charge in [-0.25, -0.2) is 0 Å². The predicted molar refractivity (Wildman–Crippen MR) is 103 cm³/mol. The molecule has 0 radical (unpaired) electrons. The van der Waals surface area contributed by atoms with Crippen LogP contribution >= 0.6 is 0 Å². The van der Waals surface area contributed by atoms with E-state index >= 15 is 0 Å². The van der Waals surface area contributed by atoms with E-state index in [1.807, 2.05) is 36.2 Å². The Morgan fingerprint density at radius 3 is 2.42 bits per heavy atom. The van der Waals surface area contributed by atoms with E-state index in [4.69, 9.17) is 4.74 Å². The van der Waals surface area contributed by atoms with Crippen molar-refractivity contribution in [2.75, 3.05) is 20.7 Å². The van der Waals surface area contributed by atoms with Gasteiger partial charge in [0.15, 0.2) is 0 Å². The Balaban J connectivity index is 1.73. The summed E-state index contributed by atoms with van der Waals surface area (Å²) >= 11 is 0. The summed E-state index contributed by atoms with van der Waals surface area (Å²) in [4.78, 5) is 19.2. The third-order valence-corrected chi connectivity index (χ3v) is 5.47. The third-order valence-electron chi connectivity index (χ3n) is 5.47. The normalized spacial score (nSPS) is 15.6. The van der Waals surface area contributed by atoms with Crippen molar-refractivity contribution < 1.29 is 9.53 Å². The van der Waals surface area contributed by atoms with Crippen molar-refractivity contribution in [3.63, 3.8) is 0 Å². The highest BCUT2D eigenvalue weighted by atomic mass is 16.5. The van der Waals surface area contributed by atoms with Gasteiger partial charge in [-0.2, -0.15) is 0 Å². The van der Waals surface area contributed by atoms with Crippen molar-refractivity contribution >= 4 is 5.91 Å². The molecule has 138 valence electrons. The van der Waals surface area contributed by atoms with Gasteiger partial charge in [-0.05, 0) is 60.6 Å². The number of pyridine rings is 1. The lowest BCUT2D eigenvalue weighted by Crippen LogP contribution is -2.36. The Morgan fingerprint density at radius 1 is 1.15 bits per heavy atom. The number of methoxy groups -OCH3 is 1. The molecule has 4 heteroatoms. The van der Waals surface area contributed by atoms with Crippen LogP contribution in [0.2, 0.25) is 0 Å². The Morgan fingerprint density at radius 2 is 1.81 bits per heavy atom. The molecule has 1 unspecified atom stereocenters. The molecule has 0 aliphatic heterocycles. The second kappa shape index (κ2) is 8.84. The number of rotatable bonds is 7. The van der Waals surface area contributed by atoms with Gasteiger partial charge in [-0.3, -0.25) is 9.78 Å². The number of amides is 1. The Kier molecular flexibility index (Phi) is 6.26. The van der Waals surface area contributed by atoms with Crippen LogP contribution < -0.4 is 4.74 Å². The van der Waals surface area contributed by atoms with Gasteiger partial charge in [-0.1, -0.05) is 25.0 Å². The van der Waals surface area contributed by atoms with Gasteiger partial charge in [0.2, 0.25) is 5.91 Å². The lowest BCUT2D eigenvalue weighted by molar-refractivity contribution is -0.132. The summed E-state index contributed by atoms with van der Waals surface area (Å²) in [6.45, 7) is 0.724. The molecule has 1 atom stereocenters. The fraction of sp³-hybridized carbons (Fsp3) is 0.455. The monoisotopic (exact) mass is 352 g/mol. The molecule has 26 heavy (non-hydrogen) atoms. The van der Waals surface area contributed by atoms with E-state index in [-0.39, 0.29) is 11.8 Å². The molecule has 0 bridgehead atoms. The molecule has 1 aromatic carbocycles. The van der Waals surface area contributed by atoms with E-state index < -0.39 is 0 Å². The van der Waals surface area contributed by atoms with E-state index in [1.54, 1.807) is 19.5 Å². The molecule has 2 aromatic rings. The topological polar surface area (TPSA) is 42.4 Å². The highest BCUT2D eigenvalue weighted by Crippen LogP contribution is 2.38. The lowest BCUT2D eigenvalue weighted by atomic mass is 9.83. The zero-order valence-corrected chi connectivity index (χ0v) is 15.7. The smallest absolute Gasteiger partial charge is 0.230 e. The number of aromatic nitrogens is 1. The summed E-state index contributed by atoms with van der Waals surface area (Å²) in [6, 6.07) is 12.0. The molecular weight excluding hydrogens is 324 g/mol. The van der Waals surface area contributed by atoms with Crippen molar-refractivity contribution in [2.45, 2.75) is 38.0 Å². The predicted octanol–water partition coefficient (Wildman–Crippen LogP) is 4.07. The van der Waals surface area contributed by atoms with Crippen molar-refractivity contribution in [3.05, 3.63) is 59.9 Å². The zero-order valence-electron chi connectivity index (χ0n) is 15.7. The molecule has 1 aliphatic rings. The van der Waals surface area contributed by atoms with Crippen LogP contribution in [0.3, 0.4) is 0 Å². The van der Waals surface area contributed by atoms with E-state index in [0.29, 0.717) is 5.92 Å². The van der Waals surface area contributed by atoms with Crippen molar-refractivity contribution in [2.24, 2.45) is 5.92 Å². The Hall–Kier alpha value is -2.36. The van der Waals surface area contributed by atoms with Gasteiger partial charge >= 0.3 is 0 Å². The van der Waals surface area contributed by atoms with Gasteiger partial charge in [0, 0.05) is 26.0 Å². The molecular formula is C22H28N2O2. The summed E-state index contributed by atoms with van der Waals surface area (Å²) < 4.78 is 5.27. The first kappa shape index (κ1) is 18.4. The minimum atomic E-state index is -0.0501. The standard InChI is InChI=1S/C22H28N2O2/c1-24(16-13-17-11-14-23-15-12-17)22(25)21(18-5-3-4-6-18)19-7-9-20(26-2)10-8-19/h7-12,14-15,18,21H,3-6,13,16H2,1-2H3. The zero-order chi connectivity index (χ0) is 18.4. The first-order chi connectivity index (χ1) is 12.7. The number of hydrogen-bond donors (Lipinski definition) is 0. The summed E-state index contributed by atoms with van der Waals surface area (Å²) in [6.07, 6.45) is 9.19. The van der Waals surface area contributed by atoms with E-state index in [2.05, 4.69) is 17.1 Å². The molecule has 0 spiro atoms. The molecule has 1 heterocycles. The maximum atomic E-state index is 13.3. The van der Waals surface area contributed by atoms with Gasteiger partial charge < -0.3 is 9.64 Å². The van der Waals surface area contributed by atoms with Crippen LogP contribution in [0.4, 0.5) is 0 Å². The number of carbonyl (C=O) groups excluding carboxylic acids is 1. The molecule has 3 rings (SSSR count). The Bertz CT molecular complexity index is 694. The van der Waals surface area contributed by atoms with Crippen LogP contribution in [-0.2, 0) is 11.2 Å². The van der Waals surface area contributed by atoms with E-state index in [1.165, 1.54) is 18.4 Å². The Labute approximate surface area is 156 Å². The van der Waals surface area contributed by atoms with Gasteiger partial charge in [0.1, 0.15) is 5.75 Å². The molecule has 1 fully saturated rings. The SMILES string of the molecule is COc1ccc(C(C(=O)N(C)CCc2ccncc2)C2CCCC2)cc1. The maximum absolute atomic E-state index is 13.3. The van der Waals surface area contributed by atoms with E-state index in [9.17, 15) is 4.79 Å². The third kappa shape index (κ3) is 4.43. The number of benzene rings is 1. The summed E-state index contributed by atoms with van der Waals surface area (Å²) in [5, 5.41) is 0. The molecule has 0 N–H and O–H groups in total. The quantitative estimate of drug-likeness (QED) is 0.754. The maximum Gasteiger partial charge on any atom is 0.230 e. The number of hydrogen-bond acceptors (Lipinski definition) is 3. The van der Waals surface area contributed by atoms with Crippen LogP contribution in [0, 0.1) is 5.92 Å². The summed E-state index contributed by atoms with van der Waals surface area (Å²) in [5.41, 5.74) is 2.32. The number of carbonyl (C=O) groups is 1. The lowest BCUT2D eigenvalue weighted by Gasteiger charge is -2.28. The first-order valence-corrected chi connectivity index (χ1v) is 9.47. The van der Waals surface area contributed by atoms with Crippen molar-refractivity contribution in [3.8, 4) is 5.75 Å². The van der Waals surface area contributed by atoms with Gasteiger partial charge in [-0.15, -0.1) is 0 Å². The minimum absolute atomic E-state index is 0.0501. The van der Waals surface area contributed by atoms with Crippen LogP contribution in [0.5, 0.6) is 5.75 Å². The van der Waals surface area contributed by atoms with Crippen LogP contribution in [0.15, 0.2) is 48.8 Å². The summed E-state index contributed by atoms with van der Waals surface area (Å²) in [5.74, 6) is 1.46. The molecule has 1 amide bonds. The van der Waals surface area contributed by atoms with E-state index in [0.717, 1.165) is 37.1 Å². The highest BCUT2D eigenvalue weighted by molar-refractivity contribution is 5.84. The average molecular weight is 352 g/mol. The minimum Gasteiger partial charge on any atom is -0.497 e. The molecule has 1 aliphatic carbocycles. The number of likely N-dealkylation sites (N-methyl/N-ethyl adjacent to an activating group) is 1. The number of ether oxygens (including phenoxy) is 1. The van der Waals surface area contributed by atoms with Crippen molar-refractivity contribution in [1.82, 2.24) is 9.88 Å². The summed E-state index contributed by atoms with van der Waals surface area (Å²) in [7, 11) is 3.59. The first-order valence-electron chi connectivity index (χ1n) is 9.47. The van der Waals surface area contributed by atoms with Crippen LogP contribution in [-0.4, -0.2) is 36.5 Å². The second-order valence-corrected chi connectivity index (χ2v) is 7.16. The molecule has 1 aromatic heterocycles. The van der Waals surface area contributed by atoms with Crippen molar-refractivity contribution in [1.29, 1.82) is 0 Å². The van der Waals surface area contributed by atoms with Crippen LogP contribution in [0.25, 0.3) is 0 Å². The largest absolute Gasteiger partial charge is 0.497 e. The molecule has 1 saturated carbocycles. The second-order valence-electron chi connectivity index (χ2n) is 7.16.